The standard InChI is InChI=1S/C28H27N5O5S3/c1-36-22-13-20(14-23(37-2)24(22)38-3)30-28-32-26(29)25(40-28)27-31-21(15-39-27)18-10-7-11-19(12-18)33-41(34,35)16-17-8-5-4-6-9-17/h4-15,33H,16,29H2,1-3H3,(H,30,32). The highest BCUT2D eigenvalue weighted by molar-refractivity contribution is 7.91. The van der Waals surface area contributed by atoms with E-state index in [9.17, 15) is 8.42 Å². The summed E-state index contributed by atoms with van der Waals surface area (Å²) >= 11 is 2.79. The van der Waals surface area contributed by atoms with Crippen LogP contribution in [0, 0.1) is 0 Å². The van der Waals surface area contributed by atoms with E-state index in [1.165, 1.54) is 22.7 Å². The van der Waals surface area contributed by atoms with Crippen molar-refractivity contribution >= 4 is 55.0 Å². The maximum atomic E-state index is 12.7. The summed E-state index contributed by atoms with van der Waals surface area (Å²) in [5, 5.41) is 6.41. The number of thiazole rings is 2. The number of methoxy groups -OCH3 is 3. The van der Waals surface area contributed by atoms with E-state index in [1.54, 1.807) is 63.8 Å². The molecule has 0 aliphatic rings. The third-order valence-electron chi connectivity index (χ3n) is 5.90. The Morgan fingerprint density at radius 2 is 1.61 bits per heavy atom. The third-order valence-corrected chi connectivity index (χ3v) is 9.14. The minimum absolute atomic E-state index is 0.115. The number of anilines is 4. The summed E-state index contributed by atoms with van der Waals surface area (Å²) in [5.41, 5.74) is 9.59. The number of sulfonamides is 1. The number of rotatable bonds is 11. The van der Waals surface area contributed by atoms with Crippen molar-refractivity contribution in [2.75, 3.05) is 37.1 Å². The topological polar surface area (TPSA) is 138 Å². The number of hydrogen-bond donors (Lipinski definition) is 3. The van der Waals surface area contributed by atoms with Gasteiger partial charge < -0.3 is 25.3 Å². The van der Waals surface area contributed by atoms with E-state index in [2.05, 4.69) is 15.0 Å². The van der Waals surface area contributed by atoms with Gasteiger partial charge in [-0.2, -0.15) is 0 Å². The Hall–Kier alpha value is -4.33. The quantitative estimate of drug-likeness (QED) is 0.159. The van der Waals surface area contributed by atoms with Crippen LogP contribution >= 0.6 is 22.7 Å². The van der Waals surface area contributed by atoms with Crippen LogP contribution in [0.4, 0.5) is 22.3 Å². The third kappa shape index (κ3) is 6.53. The van der Waals surface area contributed by atoms with Gasteiger partial charge in [-0.05, 0) is 17.7 Å². The minimum Gasteiger partial charge on any atom is -0.493 e. The van der Waals surface area contributed by atoms with Crippen LogP contribution in [0.15, 0.2) is 72.1 Å². The van der Waals surface area contributed by atoms with Crippen LogP contribution in [0.5, 0.6) is 17.2 Å². The predicted octanol–water partition coefficient (Wildman–Crippen LogP) is 6.23. The summed E-state index contributed by atoms with van der Waals surface area (Å²) in [7, 11) is 1.06. The summed E-state index contributed by atoms with van der Waals surface area (Å²) in [4.78, 5) is 9.95. The molecule has 0 fully saturated rings. The van der Waals surface area contributed by atoms with E-state index in [-0.39, 0.29) is 5.75 Å². The molecule has 41 heavy (non-hydrogen) atoms. The van der Waals surface area contributed by atoms with Crippen LogP contribution in [0.3, 0.4) is 0 Å². The van der Waals surface area contributed by atoms with E-state index in [1.807, 2.05) is 29.6 Å². The second-order valence-electron chi connectivity index (χ2n) is 8.74. The van der Waals surface area contributed by atoms with Crippen molar-refractivity contribution in [3.8, 4) is 38.4 Å². The maximum Gasteiger partial charge on any atom is 0.236 e. The highest BCUT2D eigenvalue weighted by Crippen LogP contribution is 2.43. The molecular weight excluding hydrogens is 583 g/mol. The van der Waals surface area contributed by atoms with Crippen LogP contribution in [-0.4, -0.2) is 39.7 Å². The first kappa shape index (κ1) is 28.2. The van der Waals surface area contributed by atoms with Crippen LogP contribution in [-0.2, 0) is 15.8 Å². The Morgan fingerprint density at radius 3 is 2.29 bits per heavy atom. The van der Waals surface area contributed by atoms with E-state index in [4.69, 9.17) is 24.9 Å². The average Bonchev–Trinajstić information content (AvgIpc) is 3.59. The molecule has 2 heterocycles. The SMILES string of the molecule is COc1cc(Nc2nc(N)c(-c3nc(-c4cccc(NS(=O)(=O)Cc5ccccc5)c4)cs3)s2)cc(OC)c1OC. The van der Waals surface area contributed by atoms with Gasteiger partial charge in [0.1, 0.15) is 15.7 Å². The van der Waals surface area contributed by atoms with Crippen molar-refractivity contribution in [3.05, 3.63) is 77.7 Å². The molecule has 10 nitrogen and oxygen atoms in total. The Bertz CT molecular complexity index is 1750. The molecule has 0 saturated carbocycles. The van der Waals surface area contributed by atoms with E-state index in [0.29, 0.717) is 55.8 Å². The monoisotopic (exact) mass is 609 g/mol. The highest BCUT2D eigenvalue weighted by Gasteiger charge is 2.18. The van der Waals surface area contributed by atoms with Crippen LogP contribution in [0.1, 0.15) is 5.56 Å². The molecule has 5 aromatic rings. The van der Waals surface area contributed by atoms with Crippen molar-refractivity contribution in [1.82, 2.24) is 9.97 Å². The molecule has 2 aromatic heterocycles. The van der Waals surface area contributed by atoms with Gasteiger partial charge in [-0.1, -0.05) is 53.8 Å². The lowest BCUT2D eigenvalue weighted by molar-refractivity contribution is 0.324. The molecule has 0 amide bonds. The van der Waals surface area contributed by atoms with Gasteiger partial charge in [0.2, 0.25) is 15.8 Å². The first-order valence-electron chi connectivity index (χ1n) is 12.2. The first-order chi connectivity index (χ1) is 19.8. The molecule has 0 spiro atoms. The molecule has 0 unspecified atom stereocenters. The molecule has 0 atom stereocenters. The first-order valence-corrected chi connectivity index (χ1v) is 15.6. The van der Waals surface area contributed by atoms with Crippen molar-refractivity contribution in [3.63, 3.8) is 0 Å². The van der Waals surface area contributed by atoms with Gasteiger partial charge in [0.05, 0.1) is 32.8 Å². The summed E-state index contributed by atoms with van der Waals surface area (Å²) < 4.78 is 44.3. The van der Waals surface area contributed by atoms with Gasteiger partial charge in [0, 0.05) is 34.5 Å². The number of nitrogen functional groups attached to an aromatic ring is 1. The Balaban J connectivity index is 1.34. The van der Waals surface area contributed by atoms with Crippen LogP contribution in [0.2, 0.25) is 0 Å². The molecule has 0 aliphatic carbocycles. The maximum absolute atomic E-state index is 12.7. The van der Waals surface area contributed by atoms with E-state index >= 15 is 0 Å². The molecule has 3 aromatic carbocycles. The zero-order chi connectivity index (χ0) is 29.0. The minimum atomic E-state index is -3.59. The summed E-state index contributed by atoms with van der Waals surface area (Å²) in [5.74, 6) is 1.73. The largest absolute Gasteiger partial charge is 0.493 e. The second-order valence-corrected chi connectivity index (χ2v) is 12.3. The Kier molecular flexibility index (Phi) is 8.28. The highest BCUT2D eigenvalue weighted by atomic mass is 32.2. The fourth-order valence-corrected chi connectivity index (χ4v) is 7.10. The van der Waals surface area contributed by atoms with E-state index < -0.39 is 10.0 Å². The number of nitrogens with two attached hydrogens (primary N) is 1. The number of aromatic nitrogens is 2. The molecule has 212 valence electrons. The molecule has 0 saturated heterocycles. The van der Waals surface area contributed by atoms with Crippen LogP contribution in [0.25, 0.3) is 21.1 Å². The molecule has 4 N–H and O–H groups in total. The van der Waals surface area contributed by atoms with Gasteiger partial charge in [-0.3, -0.25) is 4.72 Å². The van der Waals surface area contributed by atoms with Crippen molar-refractivity contribution in [2.24, 2.45) is 0 Å². The van der Waals surface area contributed by atoms with Gasteiger partial charge >= 0.3 is 0 Å². The molecular formula is C28H27N5O5S3. The smallest absolute Gasteiger partial charge is 0.236 e. The van der Waals surface area contributed by atoms with Crippen molar-refractivity contribution in [2.45, 2.75) is 5.75 Å². The van der Waals surface area contributed by atoms with Crippen molar-refractivity contribution < 1.29 is 22.6 Å². The Morgan fingerprint density at radius 1 is 0.878 bits per heavy atom. The number of benzene rings is 3. The molecule has 0 aliphatic heterocycles. The number of nitrogens with zero attached hydrogens (tertiary/aromatic N) is 2. The molecule has 13 heteroatoms. The normalized spacial score (nSPS) is 11.2. The lowest BCUT2D eigenvalue weighted by atomic mass is 10.1. The lowest BCUT2D eigenvalue weighted by Gasteiger charge is -2.14. The number of nitrogens with one attached hydrogen (secondary N) is 2. The lowest BCUT2D eigenvalue weighted by Crippen LogP contribution is -2.15. The molecule has 0 radical (unpaired) electrons. The van der Waals surface area contributed by atoms with Gasteiger partial charge in [0.15, 0.2) is 16.6 Å². The Labute approximate surface area is 245 Å². The summed E-state index contributed by atoms with van der Waals surface area (Å²) in [6.07, 6.45) is 0. The van der Waals surface area contributed by atoms with E-state index in [0.717, 1.165) is 10.4 Å². The fraction of sp³-hybridized carbons (Fsp3) is 0.143. The number of ether oxygens (including phenoxy) is 3. The number of hydrogen-bond acceptors (Lipinski definition) is 11. The molecule has 0 bridgehead atoms. The van der Waals surface area contributed by atoms with Crippen LogP contribution < -0.4 is 30.0 Å². The average molecular weight is 610 g/mol. The second kappa shape index (κ2) is 12.0. The zero-order valence-electron chi connectivity index (χ0n) is 22.4. The summed E-state index contributed by atoms with van der Waals surface area (Å²) in [6.45, 7) is 0. The molecule has 5 rings (SSSR count). The zero-order valence-corrected chi connectivity index (χ0v) is 24.8. The van der Waals surface area contributed by atoms with Gasteiger partial charge in [0.25, 0.3) is 0 Å². The predicted molar refractivity (Wildman–Crippen MR) is 165 cm³/mol. The van der Waals surface area contributed by atoms with Crippen molar-refractivity contribution in [1.29, 1.82) is 0 Å². The van der Waals surface area contributed by atoms with Gasteiger partial charge in [-0.15, -0.1) is 11.3 Å². The summed E-state index contributed by atoms with van der Waals surface area (Å²) in [6, 6.07) is 19.7. The van der Waals surface area contributed by atoms with Gasteiger partial charge in [-0.25, -0.2) is 18.4 Å². The fourth-order valence-electron chi connectivity index (χ4n) is 4.08.